The van der Waals surface area contributed by atoms with Crippen molar-refractivity contribution < 1.29 is 19.2 Å². The van der Waals surface area contributed by atoms with E-state index in [9.17, 15) is 19.2 Å². The standard InChI is InChI=1S/C19H22ClN3O4/c20-9-5-17(25)22-10-6-13(7-11-22)21-16(24)8-12-23-18(26)14-3-1-2-4-15(14)19(23)27/h1-4,13H,5-12H2,(H,21,24). The van der Waals surface area contributed by atoms with E-state index in [1.165, 1.54) is 0 Å². The van der Waals surface area contributed by atoms with Crippen molar-refractivity contribution in [3.8, 4) is 0 Å². The van der Waals surface area contributed by atoms with E-state index >= 15 is 0 Å². The predicted molar refractivity (Wildman–Crippen MR) is 99.5 cm³/mol. The van der Waals surface area contributed by atoms with E-state index in [4.69, 9.17) is 11.6 Å². The van der Waals surface area contributed by atoms with Crippen molar-refractivity contribution in [3.63, 3.8) is 0 Å². The number of hydrogen-bond donors (Lipinski definition) is 1. The van der Waals surface area contributed by atoms with Gasteiger partial charge in [0.15, 0.2) is 0 Å². The minimum Gasteiger partial charge on any atom is -0.353 e. The molecule has 0 unspecified atom stereocenters. The van der Waals surface area contributed by atoms with Crippen LogP contribution in [0.1, 0.15) is 46.4 Å². The van der Waals surface area contributed by atoms with Crippen LogP contribution < -0.4 is 5.32 Å². The van der Waals surface area contributed by atoms with Gasteiger partial charge in [0.25, 0.3) is 11.8 Å². The van der Waals surface area contributed by atoms with Gasteiger partial charge in [-0.2, -0.15) is 0 Å². The zero-order valence-corrected chi connectivity index (χ0v) is 15.7. The third kappa shape index (κ3) is 4.30. The lowest BCUT2D eigenvalue weighted by atomic mass is 10.0. The molecule has 2 aliphatic heterocycles. The normalized spacial score (nSPS) is 17.2. The Labute approximate surface area is 162 Å². The highest BCUT2D eigenvalue weighted by Gasteiger charge is 2.35. The van der Waals surface area contributed by atoms with Gasteiger partial charge in [-0.3, -0.25) is 24.1 Å². The van der Waals surface area contributed by atoms with Gasteiger partial charge in [-0.15, -0.1) is 11.6 Å². The summed E-state index contributed by atoms with van der Waals surface area (Å²) >= 11 is 5.60. The van der Waals surface area contributed by atoms with Crippen LogP contribution in [0.4, 0.5) is 0 Å². The summed E-state index contributed by atoms with van der Waals surface area (Å²) in [5.74, 6) is -0.547. The SMILES string of the molecule is O=C(CCN1C(=O)c2ccccc2C1=O)NC1CCN(C(=O)CCCl)CC1. The van der Waals surface area contributed by atoms with Gasteiger partial charge < -0.3 is 10.2 Å². The summed E-state index contributed by atoms with van der Waals surface area (Å²) < 4.78 is 0. The number of carbonyl (C=O) groups excluding carboxylic acids is 4. The van der Waals surface area contributed by atoms with Gasteiger partial charge in [0.1, 0.15) is 0 Å². The Morgan fingerprint density at radius 2 is 1.63 bits per heavy atom. The number of benzene rings is 1. The fourth-order valence-electron chi connectivity index (χ4n) is 3.47. The molecule has 4 amide bonds. The second-order valence-corrected chi connectivity index (χ2v) is 7.10. The summed E-state index contributed by atoms with van der Waals surface area (Å²) in [4.78, 5) is 51.5. The van der Waals surface area contributed by atoms with Gasteiger partial charge in [0.05, 0.1) is 11.1 Å². The molecule has 8 heteroatoms. The van der Waals surface area contributed by atoms with Crippen molar-refractivity contribution >= 4 is 35.2 Å². The molecule has 0 atom stereocenters. The molecule has 2 aliphatic rings. The Morgan fingerprint density at radius 1 is 1.04 bits per heavy atom. The molecule has 1 fully saturated rings. The number of nitrogens with one attached hydrogen (secondary N) is 1. The molecular weight excluding hydrogens is 370 g/mol. The van der Waals surface area contributed by atoms with Gasteiger partial charge in [-0.1, -0.05) is 12.1 Å². The fourth-order valence-corrected chi connectivity index (χ4v) is 3.63. The number of likely N-dealkylation sites (tertiary alicyclic amines) is 1. The topological polar surface area (TPSA) is 86.8 Å². The molecule has 144 valence electrons. The smallest absolute Gasteiger partial charge is 0.261 e. The highest BCUT2D eigenvalue weighted by atomic mass is 35.5. The van der Waals surface area contributed by atoms with Gasteiger partial charge in [-0.05, 0) is 25.0 Å². The second-order valence-electron chi connectivity index (χ2n) is 6.72. The molecule has 3 rings (SSSR count). The molecule has 1 aromatic carbocycles. The first-order valence-electron chi connectivity index (χ1n) is 9.09. The first-order valence-corrected chi connectivity index (χ1v) is 9.63. The first kappa shape index (κ1) is 19.4. The Bertz CT molecular complexity index is 724. The van der Waals surface area contributed by atoms with Crippen LogP contribution in [0.2, 0.25) is 0 Å². The van der Waals surface area contributed by atoms with E-state index in [-0.39, 0.29) is 42.6 Å². The zero-order valence-electron chi connectivity index (χ0n) is 14.9. The molecule has 0 aromatic heterocycles. The highest BCUT2D eigenvalue weighted by Crippen LogP contribution is 2.22. The number of halogens is 1. The van der Waals surface area contributed by atoms with E-state index in [0.717, 1.165) is 4.90 Å². The number of nitrogens with zero attached hydrogens (tertiary/aromatic N) is 2. The summed E-state index contributed by atoms with van der Waals surface area (Å²) in [6.07, 6.45) is 1.77. The van der Waals surface area contributed by atoms with Gasteiger partial charge in [-0.25, -0.2) is 0 Å². The monoisotopic (exact) mass is 391 g/mol. The van der Waals surface area contributed by atoms with E-state index in [1.807, 2.05) is 0 Å². The van der Waals surface area contributed by atoms with Crippen LogP contribution in [0.15, 0.2) is 24.3 Å². The lowest BCUT2D eigenvalue weighted by Crippen LogP contribution is -2.47. The van der Waals surface area contributed by atoms with Crippen LogP contribution in [0.5, 0.6) is 0 Å². The molecule has 1 saturated heterocycles. The zero-order chi connectivity index (χ0) is 19.4. The summed E-state index contributed by atoms with van der Waals surface area (Å²) in [6, 6.07) is 6.67. The largest absolute Gasteiger partial charge is 0.353 e. The van der Waals surface area contributed by atoms with E-state index in [0.29, 0.717) is 49.4 Å². The van der Waals surface area contributed by atoms with Crippen LogP contribution >= 0.6 is 11.6 Å². The fraction of sp³-hybridized carbons (Fsp3) is 0.474. The Kier molecular flexibility index (Phi) is 6.11. The molecular formula is C19H22ClN3O4. The third-order valence-corrected chi connectivity index (χ3v) is 5.15. The molecule has 0 bridgehead atoms. The van der Waals surface area contributed by atoms with E-state index < -0.39 is 0 Å². The van der Waals surface area contributed by atoms with Crippen LogP contribution in [0.25, 0.3) is 0 Å². The minimum atomic E-state index is -0.352. The molecule has 0 aliphatic carbocycles. The molecule has 0 spiro atoms. The third-order valence-electron chi connectivity index (χ3n) is 4.96. The van der Waals surface area contributed by atoms with E-state index in [2.05, 4.69) is 5.32 Å². The quantitative estimate of drug-likeness (QED) is 0.586. The highest BCUT2D eigenvalue weighted by molar-refractivity contribution is 6.21. The number of carbonyl (C=O) groups is 4. The predicted octanol–water partition coefficient (Wildman–Crippen LogP) is 1.41. The van der Waals surface area contributed by atoms with Gasteiger partial charge in [0.2, 0.25) is 11.8 Å². The van der Waals surface area contributed by atoms with Crippen molar-refractivity contribution in [1.82, 2.24) is 15.1 Å². The van der Waals surface area contributed by atoms with Crippen molar-refractivity contribution in [1.29, 1.82) is 0 Å². The second kappa shape index (κ2) is 8.52. The molecule has 27 heavy (non-hydrogen) atoms. The van der Waals surface area contributed by atoms with Crippen molar-refractivity contribution in [2.24, 2.45) is 0 Å². The molecule has 0 saturated carbocycles. The van der Waals surface area contributed by atoms with Crippen LogP contribution in [-0.2, 0) is 9.59 Å². The number of rotatable bonds is 6. The average molecular weight is 392 g/mol. The summed E-state index contributed by atoms with van der Waals surface area (Å²) in [5.41, 5.74) is 0.772. The van der Waals surface area contributed by atoms with E-state index in [1.54, 1.807) is 29.2 Å². The number of alkyl halides is 1. The Hall–Kier alpha value is -2.41. The first-order chi connectivity index (χ1) is 13.0. The van der Waals surface area contributed by atoms with Crippen LogP contribution in [-0.4, -0.2) is 65.0 Å². The summed E-state index contributed by atoms with van der Waals surface area (Å²) in [5, 5.41) is 2.93. The maximum Gasteiger partial charge on any atom is 0.261 e. The van der Waals surface area contributed by atoms with Crippen LogP contribution in [0.3, 0.4) is 0 Å². The van der Waals surface area contributed by atoms with Crippen molar-refractivity contribution in [2.75, 3.05) is 25.5 Å². The summed E-state index contributed by atoms with van der Waals surface area (Å²) in [6.45, 7) is 1.25. The molecule has 1 aromatic rings. The molecule has 7 nitrogen and oxygen atoms in total. The average Bonchev–Trinajstić information content (AvgIpc) is 2.92. The lowest BCUT2D eigenvalue weighted by Gasteiger charge is -2.32. The van der Waals surface area contributed by atoms with Crippen molar-refractivity contribution in [3.05, 3.63) is 35.4 Å². The summed E-state index contributed by atoms with van der Waals surface area (Å²) in [7, 11) is 0. The molecule has 2 heterocycles. The Morgan fingerprint density at radius 3 is 2.19 bits per heavy atom. The lowest BCUT2D eigenvalue weighted by molar-refractivity contribution is -0.132. The van der Waals surface area contributed by atoms with Gasteiger partial charge in [0, 0.05) is 44.4 Å². The van der Waals surface area contributed by atoms with Crippen LogP contribution in [0, 0.1) is 0 Å². The number of fused-ring (bicyclic) bond motifs is 1. The molecule has 1 N–H and O–H groups in total. The number of imide groups is 1. The molecule has 0 radical (unpaired) electrons. The minimum absolute atomic E-state index is 0.000250. The van der Waals surface area contributed by atoms with Gasteiger partial charge >= 0.3 is 0 Å². The number of hydrogen-bond acceptors (Lipinski definition) is 4. The Balaban J connectivity index is 1.44. The number of piperidine rings is 1. The maximum atomic E-state index is 12.3. The van der Waals surface area contributed by atoms with Crippen molar-refractivity contribution in [2.45, 2.75) is 31.7 Å². The number of amides is 4. The maximum absolute atomic E-state index is 12.3.